The van der Waals surface area contributed by atoms with Crippen molar-refractivity contribution in [2.75, 3.05) is 33.5 Å². The van der Waals surface area contributed by atoms with Crippen molar-refractivity contribution >= 4 is 11.9 Å². The SMILES string of the molecule is COC(=O)[C@@]1(C)CC[C@]2(C(=O)O[C@@H]3O[C@H](CO)[C@@H](O)[C@H](O)[C@H]3O)CC[C@]3(C)C(=CC[C@@H]4[C@@]5(C)CC[C@H](O[C@@H]6OC[C@H](O)[C@H](O[C@@H]7O[C@H](CO)[C@@H](O)[C@H](O)[C@H]7O[C@@H]7O[C@H](CO)[C@@H](O)[C@H](O)[C@H]7O)[C@H]6O)C(C)(C)[C@@H]5CC[C@]43C)[C@H]2C1. The Morgan fingerprint density at radius 3 is 1.76 bits per heavy atom. The largest absolute Gasteiger partial charge is 0.469 e. The zero-order chi connectivity index (χ0) is 57.0. The van der Waals surface area contributed by atoms with E-state index in [9.17, 15) is 76.0 Å². The molecule has 0 spiro atoms. The highest BCUT2D eigenvalue weighted by atomic mass is 16.8. The summed E-state index contributed by atoms with van der Waals surface area (Å²) in [5.41, 5.74) is -2.51. The molecule has 5 aliphatic carbocycles. The summed E-state index contributed by atoms with van der Waals surface area (Å²) in [6.07, 6.45) is -24.2. The highest BCUT2D eigenvalue weighted by molar-refractivity contribution is 5.81. The fourth-order valence-electron chi connectivity index (χ4n) is 16.5. The van der Waals surface area contributed by atoms with Gasteiger partial charge in [0.25, 0.3) is 0 Å². The molecule has 0 aromatic rings. The van der Waals surface area contributed by atoms with E-state index >= 15 is 0 Å². The second-order valence-corrected chi connectivity index (χ2v) is 25.7. The van der Waals surface area contributed by atoms with Gasteiger partial charge in [-0.25, -0.2) is 0 Å². The molecule has 4 aliphatic heterocycles. The van der Waals surface area contributed by atoms with Crippen molar-refractivity contribution in [3.8, 4) is 0 Å². The van der Waals surface area contributed by atoms with E-state index in [1.165, 1.54) is 7.11 Å². The van der Waals surface area contributed by atoms with Crippen molar-refractivity contribution in [2.24, 2.45) is 50.2 Å². The zero-order valence-corrected chi connectivity index (χ0v) is 45.6. The van der Waals surface area contributed by atoms with Crippen LogP contribution < -0.4 is 0 Å². The molecule has 0 radical (unpaired) electrons. The highest BCUT2D eigenvalue weighted by Gasteiger charge is 2.71. The van der Waals surface area contributed by atoms with E-state index in [4.69, 9.17) is 42.6 Å². The fraction of sp³-hybridized carbons (Fsp3) is 0.926. The topological polar surface area (TPSA) is 380 Å². The van der Waals surface area contributed by atoms with Crippen LogP contribution in [0.1, 0.15) is 106 Å². The molecule has 0 amide bonds. The average Bonchev–Trinajstić information content (AvgIpc) is 2.21. The molecule has 24 nitrogen and oxygen atoms in total. The maximum atomic E-state index is 14.9. The van der Waals surface area contributed by atoms with Crippen LogP contribution in [0.2, 0.25) is 0 Å². The smallest absolute Gasteiger partial charge is 0.315 e. The molecule has 9 aliphatic rings. The third-order valence-electron chi connectivity index (χ3n) is 21.5. The van der Waals surface area contributed by atoms with Gasteiger partial charge in [-0.15, -0.1) is 0 Å². The number of carbonyl (C=O) groups excluding carboxylic acids is 2. The number of rotatable bonds is 12. The number of ether oxygens (including phenoxy) is 9. The van der Waals surface area contributed by atoms with Gasteiger partial charge in [0.2, 0.25) is 6.29 Å². The summed E-state index contributed by atoms with van der Waals surface area (Å²) < 4.78 is 53.0. The van der Waals surface area contributed by atoms with Crippen LogP contribution in [0.5, 0.6) is 0 Å². The summed E-state index contributed by atoms with van der Waals surface area (Å²) in [6.45, 7) is 10.5. The molecule has 0 aromatic carbocycles. The minimum absolute atomic E-state index is 0.0894. The lowest BCUT2D eigenvalue weighted by molar-refractivity contribution is -0.387. The maximum Gasteiger partial charge on any atom is 0.315 e. The average molecular weight is 1120 g/mol. The number of esters is 2. The lowest BCUT2D eigenvalue weighted by Gasteiger charge is -2.71. The first-order valence-corrected chi connectivity index (χ1v) is 27.8. The molecule has 9 rings (SSSR count). The number of carbonyl (C=O) groups is 2. The van der Waals surface area contributed by atoms with Gasteiger partial charge in [-0.05, 0) is 111 Å². The summed E-state index contributed by atoms with van der Waals surface area (Å²) in [5, 5.41) is 138. The number of methoxy groups -OCH3 is 1. The molecule has 24 heteroatoms. The van der Waals surface area contributed by atoms with E-state index in [1.54, 1.807) is 0 Å². The molecule has 446 valence electrons. The van der Waals surface area contributed by atoms with Crippen molar-refractivity contribution < 1.29 is 119 Å². The molecule has 13 N–H and O–H groups in total. The van der Waals surface area contributed by atoms with E-state index in [0.29, 0.717) is 38.5 Å². The molecule has 4 saturated heterocycles. The van der Waals surface area contributed by atoms with Crippen molar-refractivity contribution in [2.45, 2.75) is 229 Å². The van der Waals surface area contributed by atoms with Crippen molar-refractivity contribution in [1.82, 2.24) is 0 Å². The van der Waals surface area contributed by atoms with E-state index < -0.39 is 176 Å². The van der Waals surface area contributed by atoms with Crippen LogP contribution in [-0.2, 0) is 52.2 Å². The van der Waals surface area contributed by atoms with E-state index in [-0.39, 0.29) is 41.7 Å². The zero-order valence-electron chi connectivity index (χ0n) is 45.6. The van der Waals surface area contributed by atoms with Gasteiger partial charge in [0.15, 0.2) is 18.9 Å². The van der Waals surface area contributed by atoms with Crippen molar-refractivity contribution in [3.05, 3.63) is 11.6 Å². The van der Waals surface area contributed by atoms with Gasteiger partial charge >= 0.3 is 11.9 Å². The molecule has 4 saturated carbocycles. The Labute approximate surface area is 453 Å². The molecular formula is C54H86O24. The molecule has 4 heterocycles. The Hall–Kier alpha value is -2.12. The van der Waals surface area contributed by atoms with Crippen LogP contribution in [-0.4, -0.2) is 235 Å². The minimum Gasteiger partial charge on any atom is -0.469 e. The molecular weight excluding hydrogens is 1030 g/mol. The van der Waals surface area contributed by atoms with Crippen LogP contribution in [0.15, 0.2) is 11.6 Å². The van der Waals surface area contributed by atoms with Gasteiger partial charge in [0.1, 0.15) is 91.6 Å². The Balaban J connectivity index is 0.933. The van der Waals surface area contributed by atoms with Gasteiger partial charge in [-0.3, -0.25) is 9.59 Å². The van der Waals surface area contributed by atoms with Gasteiger partial charge in [0.05, 0.1) is 50.5 Å². The van der Waals surface area contributed by atoms with Gasteiger partial charge < -0.3 is 109 Å². The number of fused-ring (bicyclic) bond motifs is 7. The van der Waals surface area contributed by atoms with Gasteiger partial charge in [-0.2, -0.15) is 0 Å². The molecule has 78 heavy (non-hydrogen) atoms. The van der Waals surface area contributed by atoms with Crippen LogP contribution in [0.4, 0.5) is 0 Å². The quantitative estimate of drug-likeness (QED) is 0.0558. The summed E-state index contributed by atoms with van der Waals surface area (Å²) in [7, 11) is 1.35. The van der Waals surface area contributed by atoms with Crippen LogP contribution in [0, 0.1) is 50.2 Å². The van der Waals surface area contributed by atoms with Crippen molar-refractivity contribution in [3.63, 3.8) is 0 Å². The Bertz CT molecular complexity index is 2180. The van der Waals surface area contributed by atoms with Crippen LogP contribution in [0.3, 0.4) is 0 Å². The second kappa shape index (κ2) is 22.1. The highest BCUT2D eigenvalue weighted by Crippen LogP contribution is 2.76. The molecule has 0 unspecified atom stereocenters. The lowest BCUT2D eigenvalue weighted by Crippen LogP contribution is -2.67. The maximum absolute atomic E-state index is 14.9. The summed E-state index contributed by atoms with van der Waals surface area (Å²) in [4.78, 5) is 28.4. The normalized spacial score (nSPS) is 53.1. The second-order valence-electron chi connectivity index (χ2n) is 25.7. The number of aliphatic hydroxyl groups is 13. The van der Waals surface area contributed by atoms with Crippen molar-refractivity contribution in [1.29, 1.82) is 0 Å². The summed E-state index contributed by atoms with van der Waals surface area (Å²) in [6, 6.07) is 0. The minimum atomic E-state index is -1.92. The van der Waals surface area contributed by atoms with Gasteiger partial charge in [0, 0.05) is 0 Å². The summed E-state index contributed by atoms with van der Waals surface area (Å²) >= 11 is 0. The van der Waals surface area contributed by atoms with E-state index in [2.05, 4.69) is 40.7 Å². The van der Waals surface area contributed by atoms with E-state index in [1.807, 2.05) is 6.92 Å². The standard InChI is InChI=1S/C54H86O24/c1-49(2)29-10-13-53(6)30(9-8-23-24-18-50(3,47(68)70-7)14-16-54(24,17-15-52(23,53)5)48(69)78-45-39(66)36(63)33(60)27(20-56)73-45)51(29,4)12-11-31(49)75-43-40(67)41(25(58)22-71-43)76-46-42(37(64)34(61)28(21-57)74-46)77-44-38(65)35(62)32(59)26(19-55)72-44/h8,24-46,55-67H,9-22H2,1-7H3/t24-,25+,26-,27-,28-,29+,30-,31+,32-,33-,34-,35+,36+,37+,38-,39-,40-,41+,42-,43+,44+,45+,46+,50+,51+,52-,53-,54+/m1/s1. The fourth-order valence-corrected chi connectivity index (χ4v) is 16.5. The molecule has 0 aromatic heterocycles. The Kier molecular flexibility index (Phi) is 17.2. The predicted molar refractivity (Wildman–Crippen MR) is 263 cm³/mol. The molecule has 0 bridgehead atoms. The lowest BCUT2D eigenvalue weighted by atomic mass is 9.33. The molecule has 28 atom stereocenters. The third kappa shape index (κ3) is 9.63. The monoisotopic (exact) mass is 1120 g/mol. The predicted octanol–water partition coefficient (Wildman–Crippen LogP) is -2.24. The number of hydrogen-bond donors (Lipinski definition) is 13. The Morgan fingerprint density at radius 1 is 0.577 bits per heavy atom. The molecule has 8 fully saturated rings. The van der Waals surface area contributed by atoms with E-state index in [0.717, 1.165) is 24.8 Å². The Morgan fingerprint density at radius 2 is 1.14 bits per heavy atom. The number of aliphatic hydroxyl groups excluding tert-OH is 13. The number of allylic oxidation sites excluding steroid dienone is 2. The first-order valence-electron chi connectivity index (χ1n) is 27.8. The third-order valence-corrected chi connectivity index (χ3v) is 21.5. The van der Waals surface area contributed by atoms with Gasteiger partial charge in [-0.1, -0.05) is 46.3 Å². The first kappa shape index (κ1) is 60.5. The summed E-state index contributed by atoms with van der Waals surface area (Å²) in [5.74, 6) is -1.25. The van der Waals surface area contributed by atoms with Crippen LogP contribution in [0.25, 0.3) is 0 Å². The first-order chi connectivity index (χ1) is 36.6. The number of hydrogen-bond acceptors (Lipinski definition) is 24. The van der Waals surface area contributed by atoms with Crippen LogP contribution >= 0.6 is 0 Å².